The van der Waals surface area contributed by atoms with E-state index in [9.17, 15) is 13.2 Å². The van der Waals surface area contributed by atoms with Gasteiger partial charge in [-0.3, -0.25) is 4.79 Å². The van der Waals surface area contributed by atoms with Crippen LogP contribution in [0.5, 0.6) is 0 Å². The molecule has 0 bridgehead atoms. The third-order valence-corrected chi connectivity index (χ3v) is 7.07. The minimum absolute atomic E-state index is 0.0294. The lowest BCUT2D eigenvalue weighted by Crippen LogP contribution is -2.42. The first kappa shape index (κ1) is 21.6. The molecule has 0 saturated carbocycles. The van der Waals surface area contributed by atoms with Crippen LogP contribution in [0, 0.1) is 5.92 Å². The van der Waals surface area contributed by atoms with Crippen LogP contribution in [0.3, 0.4) is 0 Å². The fourth-order valence-electron chi connectivity index (χ4n) is 3.44. The summed E-state index contributed by atoms with van der Waals surface area (Å²) in [5, 5.41) is 1.88. The minimum atomic E-state index is -3.49. The molecule has 1 fully saturated rings. The molecular formula is C22H25ClN2O3S. The summed E-state index contributed by atoms with van der Waals surface area (Å²) in [7, 11) is -1.73. The molecule has 0 aliphatic carbocycles. The van der Waals surface area contributed by atoms with Gasteiger partial charge >= 0.3 is 0 Å². The van der Waals surface area contributed by atoms with Crippen LogP contribution >= 0.6 is 11.6 Å². The number of sulfonamides is 1. The highest BCUT2D eigenvalue weighted by atomic mass is 35.5. The highest BCUT2D eigenvalue weighted by Gasteiger charge is 2.31. The largest absolute Gasteiger partial charge is 0.341 e. The molecule has 0 atom stereocenters. The molecule has 1 aliphatic heterocycles. The molecule has 29 heavy (non-hydrogen) atoms. The monoisotopic (exact) mass is 432 g/mol. The van der Waals surface area contributed by atoms with Crippen LogP contribution in [-0.2, 0) is 21.4 Å². The van der Waals surface area contributed by atoms with E-state index in [0.29, 0.717) is 37.5 Å². The van der Waals surface area contributed by atoms with Gasteiger partial charge in [-0.2, -0.15) is 4.31 Å². The smallest absolute Gasteiger partial charge is 0.236 e. The van der Waals surface area contributed by atoms with Crippen molar-refractivity contribution in [2.24, 2.45) is 5.92 Å². The fraction of sp³-hybridized carbons (Fsp3) is 0.318. The van der Waals surface area contributed by atoms with Crippen molar-refractivity contribution in [1.29, 1.82) is 0 Å². The molecule has 0 unspecified atom stereocenters. The third-order valence-electron chi connectivity index (χ3n) is 5.14. The van der Waals surface area contributed by atoms with Crippen LogP contribution in [-0.4, -0.2) is 43.7 Å². The first-order chi connectivity index (χ1) is 13.9. The summed E-state index contributed by atoms with van der Waals surface area (Å²) in [6.45, 7) is 1.13. The molecule has 1 aliphatic rings. The maximum absolute atomic E-state index is 12.8. The predicted octanol–water partition coefficient (Wildman–Crippen LogP) is 4.01. The topological polar surface area (TPSA) is 57.7 Å². The van der Waals surface area contributed by atoms with Gasteiger partial charge in [0.25, 0.3) is 0 Å². The van der Waals surface area contributed by atoms with E-state index in [4.69, 9.17) is 11.6 Å². The van der Waals surface area contributed by atoms with Crippen LogP contribution in [0.4, 0.5) is 0 Å². The molecule has 154 valence electrons. The molecule has 7 heteroatoms. The summed E-state index contributed by atoms with van der Waals surface area (Å²) >= 11 is 6.18. The molecule has 1 amide bonds. The maximum Gasteiger partial charge on any atom is 0.236 e. The SMILES string of the molecule is CN(Cc1ccccc1Cl)C(=O)C1CCN(S(=O)(=O)/C=C/c2ccccc2)CC1. The summed E-state index contributed by atoms with van der Waals surface area (Å²) in [4.78, 5) is 14.5. The number of carbonyl (C=O) groups is 1. The van der Waals surface area contributed by atoms with E-state index in [1.165, 1.54) is 9.71 Å². The highest BCUT2D eigenvalue weighted by molar-refractivity contribution is 7.92. The van der Waals surface area contributed by atoms with Crippen molar-refractivity contribution in [3.05, 3.63) is 76.2 Å². The second-order valence-electron chi connectivity index (χ2n) is 7.22. The lowest BCUT2D eigenvalue weighted by atomic mass is 9.96. The maximum atomic E-state index is 12.8. The molecule has 2 aromatic rings. The van der Waals surface area contributed by atoms with Gasteiger partial charge in [0, 0.05) is 43.0 Å². The normalized spacial score (nSPS) is 16.2. The van der Waals surface area contributed by atoms with Gasteiger partial charge < -0.3 is 4.90 Å². The Hall–Kier alpha value is -2.15. The molecule has 0 radical (unpaired) electrons. The molecule has 1 saturated heterocycles. The van der Waals surface area contributed by atoms with Crippen LogP contribution in [0.15, 0.2) is 60.0 Å². The molecular weight excluding hydrogens is 408 g/mol. The Kier molecular flexibility index (Phi) is 7.11. The van der Waals surface area contributed by atoms with Gasteiger partial charge in [-0.05, 0) is 36.1 Å². The van der Waals surface area contributed by atoms with E-state index in [-0.39, 0.29) is 11.8 Å². The van der Waals surface area contributed by atoms with Crippen molar-refractivity contribution < 1.29 is 13.2 Å². The second kappa shape index (κ2) is 9.57. The molecule has 0 spiro atoms. The number of amides is 1. The number of piperidine rings is 1. The molecule has 2 aromatic carbocycles. The van der Waals surface area contributed by atoms with Gasteiger partial charge in [-0.25, -0.2) is 8.42 Å². The lowest BCUT2D eigenvalue weighted by molar-refractivity contribution is -0.135. The second-order valence-corrected chi connectivity index (χ2v) is 9.44. The summed E-state index contributed by atoms with van der Waals surface area (Å²) in [6.07, 6.45) is 2.64. The molecule has 5 nitrogen and oxygen atoms in total. The Balaban J connectivity index is 1.56. The van der Waals surface area contributed by atoms with Crippen molar-refractivity contribution in [2.45, 2.75) is 19.4 Å². The van der Waals surface area contributed by atoms with Gasteiger partial charge in [0.05, 0.1) is 0 Å². The van der Waals surface area contributed by atoms with Gasteiger partial charge in [-0.15, -0.1) is 0 Å². The first-order valence-corrected chi connectivity index (χ1v) is 11.5. The predicted molar refractivity (Wildman–Crippen MR) is 117 cm³/mol. The zero-order valence-electron chi connectivity index (χ0n) is 16.4. The van der Waals surface area contributed by atoms with Crippen molar-refractivity contribution in [3.8, 4) is 0 Å². The number of nitrogens with zero attached hydrogens (tertiary/aromatic N) is 2. The molecule has 0 aromatic heterocycles. The van der Waals surface area contributed by atoms with Crippen molar-refractivity contribution in [2.75, 3.05) is 20.1 Å². The molecule has 3 rings (SSSR count). The third kappa shape index (κ3) is 5.69. The number of halogens is 1. The van der Waals surface area contributed by atoms with Gasteiger partial charge in [0.2, 0.25) is 15.9 Å². The standard InChI is InChI=1S/C22H25ClN2O3S/c1-24(17-20-9-5-6-10-21(20)23)22(26)19-11-14-25(15-12-19)29(27,28)16-13-18-7-3-2-4-8-18/h2-10,13,16,19H,11-12,14-15,17H2,1H3/b16-13+. The summed E-state index contributed by atoms with van der Waals surface area (Å²) in [5.41, 5.74) is 1.73. The van der Waals surface area contributed by atoms with Gasteiger partial charge in [0.1, 0.15) is 0 Å². The van der Waals surface area contributed by atoms with E-state index in [2.05, 4.69) is 0 Å². The van der Waals surface area contributed by atoms with Gasteiger partial charge in [-0.1, -0.05) is 60.1 Å². The Morgan fingerprint density at radius 2 is 1.72 bits per heavy atom. The van der Waals surface area contributed by atoms with E-state index >= 15 is 0 Å². The number of hydrogen-bond donors (Lipinski definition) is 0. The number of hydrogen-bond acceptors (Lipinski definition) is 3. The number of carbonyl (C=O) groups excluding carboxylic acids is 1. The van der Waals surface area contributed by atoms with Crippen LogP contribution in [0.2, 0.25) is 5.02 Å². The Morgan fingerprint density at radius 3 is 2.38 bits per heavy atom. The van der Waals surface area contributed by atoms with Crippen molar-refractivity contribution >= 4 is 33.6 Å². The van der Waals surface area contributed by atoms with E-state index in [1.807, 2.05) is 54.6 Å². The Labute approximate surface area is 177 Å². The number of rotatable bonds is 6. The molecule has 1 heterocycles. The summed E-state index contributed by atoms with van der Waals surface area (Å²) in [5.74, 6) is -0.145. The van der Waals surface area contributed by atoms with Crippen molar-refractivity contribution in [3.63, 3.8) is 0 Å². The fourth-order valence-corrected chi connectivity index (χ4v) is 4.86. The Morgan fingerprint density at radius 1 is 1.10 bits per heavy atom. The van der Waals surface area contributed by atoms with Crippen LogP contribution in [0.25, 0.3) is 6.08 Å². The minimum Gasteiger partial charge on any atom is -0.341 e. The lowest BCUT2D eigenvalue weighted by Gasteiger charge is -2.32. The van der Waals surface area contributed by atoms with Crippen molar-refractivity contribution in [1.82, 2.24) is 9.21 Å². The van der Waals surface area contributed by atoms with Gasteiger partial charge in [0.15, 0.2) is 0 Å². The van der Waals surface area contributed by atoms with Crippen LogP contribution < -0.4 is 0 Å². The average Bonchev–Trinajstić information content (AvgIpc) is 2.74. The zero-order chi connectivity index (χ0) is 20.9. The van der Waals surface area contributed by atoms with E-state index in [0.717, 1.165) is 11.1 Å². The zero-order valence-corrected chi connectivity index (χ0v) is 17.9. The van der Waals surface area contributed by atoms with Crippen LogP contribution in [0.1, 0.15) is 24.0 Å². The van der Waals surface area contributed by atoms with E-state index < -0.39 is 10.0 Å². The molecule has 0 N–H and O–H groups in total. The average molecular weight is 433 g/mol. The highest BCUT2D eigenvalue weighted by Crippen LogP contribution is 2.24. The Bertz CT molecular complexity index is 969. The summed E-state index contributed by atoms with van der Waals surface area (Å²) < 4.78 is 26.6. The first-order valence-electron chi connectivity index (χ1n) is 9.58. The summed E-state index contributed by atoms with van der Waals surface area (Å²) in [6, 6.07) is 16.8. The quantitative estimate of drug-likeness (QED) is 0.692. The number of benzene rings is 2. The van der Waals surface area contributed by atoms with E-state index in [1.54, 1.807) is 18.0 Å².